The summed E-state index contributed by atoms with van der Waals surface area (Å²) in [6.07, 6.45) is 1.77. The number of amides is 2. The Balaban J connectivity index is 1.34. The monoisotopic (exact) mass is 447 g/mol. The number of carbonyl (C=O) groups excluding carboxylic acids is 2. The number of pyridine rings is 1. The topological polar surface area (TPSA) is 95.4 Å². The van der Waals surface area contributed by atoms with Crippen molar-refractivity contribution in [2.75, 3.05) is 48.3 Å². The minimum Gasteiger partial charge on any atom is -0.366 e. The summed E-state index contributed by atoms with van der Waals surface area (Å²) in [6.45, 7) is 9.08. The van der Waals surface area contributed by atoms with Crippen molar-refractivity contribution in [3.8, 4) is 5.82 Å². The maximum absolute atomic E-state index is 12.6. The molecule has 1 saturated heterocycles. The average Bonchev–Trinajstić information content (AvgIpc) is 3.08. The van der Waals surface area contributed by atoms with Crippen LogP contribution >= 0.6 is 0 Å². The molecule has 3 heterocycles. The fourth-order valence-electron chi connectivity index (χ4n) is 4.21. The SMILES string of the molecule is CC(=O)Nc1cccc(NC(=O)CN2CCN(c3c(C)nn(-c4ccccn4)c3C)CC2)c1. The summed E-state index contributed by atoms with van der Waals surface area (Å²) >= 11 is 0. The van der Waals surface area contributed by atoms with Gasteiger partial charge in [-0.05, 0) is 44.2 Å². The lowest BCUT2D eigenvalue weighted by molar-refractivity contribution is -0.117. The average molecular weight is 448 g/mol. The van der Waals surface area contributed by atoms with E-state index >= 15 is 0 Å². The van der Waals surface area contributed by atoms with Crippen LogP contribution in [0.3, 0.4) is 0 Å². The molecule has 3 aromatic rings. The van der Waals surface area contributed by atoms with Crippen LogP contribution < -0.4 is 15.5 Å². The van der Waals surface area contributed by atoms with Crippen LogP contribution in [0, 0.1) is 13.8 Å². The lowest BCUT2D eigenvalue weighted by Crippen LogP contribution is -2.49. The van der Waals surface area contributed by atoms with Gasteiger partial charge in [-0.15, -0.1) is 0 Å². The molecular formula is C24H29N7O2. The first kappa shape index (κ1) is 22.5. The van der Waals surface area contributed by atoms with Crippen molar-refractivity contribution in [2.45, 2.75) is 20.8 Å². The molecule has 33 heavy (non-hydrogen) atoms. The number of rotatable bonds is 6. The van der Waals surface area contributed by atoms with E-state index in [9.17, 15) is 9.59 Å². The van der Waals surface area contributed by atoms with Gasteiger partial charge in [0.05, 0.1) is 23.6 Å². The number of benzene rings is 1. The number of carbonyl (C=O) groups is 2. The molecule has 0 saturated carbocycles. The van der Waals surface area contributed by atoms with Crippen molar-refractivity contribution in [3.05, 3.63) is 60.0 Å². The molecule has 9 nitrogen and oxygen atoms in total. The quantitative estimate of drug-likeness (QED) is 0.603. The number of hydrogen-bond donors (Lipinski definition) is 2. The maximum Gasteiger partial charge on any atom is 0.238 e. The predicted molar refractivity (Wildman–Crippen MR) is 129 cm³/mol. The molecule has 0 unspecified atom stereocenters. The number of nitrogens with zero attached hydrogens (tertiary/aromatic N) is 5. The molecule has 9 heteroatoms. The molecule has 1 aliphatic rings. The highest BCUT2D eigenvalue weighted by molar-refractivity contribution is 5.94. The van der Waals surface area contributed by atoms with Crippen molar-refractivity contribution < 1.29 is 9.59 Å². The molecule has 1 fully saturated rings. The van der Waals surface area contributed by atoms with Gasteiger partial charge in [0, 0.05) is 50.7 Å². The van der Waals surface area contributed by atoms with Crippen LogP contribution in [0.15, 0.2) is 48.7 Å². The molecule has 0 radical (unpaired) electrons. The van der Waals surface area contributed by atoms with Crippen molar-refractivity contribution in [1.82, 2.24) is 19.7 Å². The van der Waals surface area contributed by atoms with Gasteiger partial charge in [-0.3, -0.25) is 14.5 Å². The Morgan fingerprint density at radius 1 is 0.970 bits per heavy atom. The van der Waals surface area contributed by atoms with Crippen molar-refractivity contribution in [3.63, 3.8) is 0 Å². The molecule has 4 rings (SSSR count). The van der Waals surface area contributed by atoms with E-state index in [-0.39, 0.29) is 11.8 Å². The van der Waals surface area contributed by atoms with E-state index in [1.54, 1.807) is 24.4 Å². The zero-order valence-corrected chi connectivity index (χ0v) is 19.2. The maximum atomic E-state index is 12.6. The molecule has 0 bridgehead atoms. The third-order valence-electron chi connectivity index (χ3n) is 5.64. The van der Waals surface area contributed by atoms with Crippen LogP contribution in [0.4, 0.5) is 17.1 Å². The number of hydrogen-bond acceptors (Lipinski definition) is 6. The van der Waals surface area contributed by atoms with E-state index < -0.39 is 0 Å². The zero-order valence-electron chi connectivity index (χ0n) is 19.2. The van der Waals surface area contributed by atoms with E-state index in [2.05, 4.69) is 32.3 Å². The van der Waals surface area contributed by atoms with Crippen molar-refractivity contribution in [1.29, 1.82) is 0 Å². The lowest BCUT2D eigenvalue weighted by atomic mass is 10.2. The largest absolute Gasteiger partial charge is 0.366 e. The second-order valence-corrected chi connectivity index (χ2v) is 8.19. The molecular weight excluding hydrogens is 418 g/mol. The second-order valence-electron chi connectivity index (χ2n) is 8.19. The van der Waals surface area contributed by atoms with Gasteiger partial charge in [-0.25, -0.2) is 9.67 Å². The molecule has 1 aliphatic heterocycles. The molecule has 2 N–H and O–H groups in total. The highest BCUT2D eigenvalue weighted by atomic mass is 16.2. The Hall–Kier alpha value is -3.72. The first-order valence-electron chi connectivity index (χ1n) is 11.0. The van der Waals surface area contributed by atoms with E-state index in [1.807, 2.05) is 35.9 Å². The molecule has 0 atom stereocenters. The minimum absolute atomic E-state index is 0.0706. The van der Waals surface area contributed by atoms with Gasteiger partial charge in [0.15, 0.2) is 5.82 Å². The summed E-state index contributed by atoms with van der Waals surface area (Å²) < 4.78 is 1.89. The Labute approximate surface area is 193 Å². The molecule has 0 aliphatic carbocycles. The smallest absolute Gasteiger partial charge is 0.238 e. The van der Waals surface area contributed by atoms with E-state index in [0.29, 0.717) is 17.9 Å². The fraction of sp³-hybridized carbons (Fsp3) is 0.333. The van der Waals surface area contributed by atoms with Crippen LogP contribution in [0.5, 0.6) is 0 Å². The Morgan fingerprint density at radius 2 is 1.70 bits per heavy atom. The summed E-state index contributed by atoms with van der Waals surface area (Å²) in [4.78, 5) is 32.7. The van der Waals surface area contributed by atoms with Gasteiger partial charge in [0.25, 0.3) is 0 Å². The number of aryl methyl sites for hydroxylation is 1. The third-order valence-corrected chi connectivity index (χ3v) is 5.64. The van der Waals surface area contributed by atoms with E-state index in [1.165, 1.54) is 6.92 Å². The van der Waals surface area contributed by atoms with E-state index in [0.717, 1.165) is 49.1 Å². The van der Waals surface area contributed by atoms with Gasteiger partial charge >= 0.3 is 0 Å². The van der Waals surface area contributed by atoms with Crippen molar-refractivity contribution >= 4 is 28.9 Å². The van der Waals surface area contributed by atoms with Gasteiger partial charge in [0.2, 0.25) is 11.8 Å². The minimum atomic E-state index is -0.146. The number of nitrogens with one attached hydrogen (secondary N) is 2. The van der Waals surface area contributed by atoms with E-state index in [4.69, 9.17) is 5.10 Å². The standard InChI is InChI=1S/C24H29N7O2/c1-17-24(18(2)31(28-17)22-9-4-5-10-25-22)30-13-11-29(12-14-30)16-23(33)27-21-8-6-7-20(15-21)26-19(3)32/h4-10,15H,11-14,16H2,1-3H3,(H,26,32)(H,27,33). The second kappa shape index (κ2) is 9.83. The first-order chi connectivity index (χ1) is 15.9. The van der Waals surface area contributed by atoms with Crippen LogP contribution in [-0.2, 0) is 9.59 Å². The molecule has 1 aromatic carbocycles. The zero-order chi connectivity index (χ0) is 23.4. The van der Waals surface area contributed by atoms with Gasteiger partial charge < -0.3 is 15.5 Å². The normalized spacial score (nSPS) is 14.2. The lowest BCUT2D eigenvalue weighted by Gasteiger charge is -2.35. The predicted octanol–water partition coefficient (Wildman–Crippen LogP) is 2.60. The molecule has 172 valence electrons. The van der Waals surface area contributed by atoms with Gasteiger partial charge in [-0.1, -0.05) is 12.1 Å². The van der Waals surface area contributed by atoms with Crippen molar-refractivity contribution in [2.24, 2.45) is 0 Å². The summed E-state index contributed by atoms with van der Waals surface area (Å²) in [5.74, 6) is 0.591. The summed E-state index contributed by atoms with van der Waals surface area (Å²) in [6, 6.07) is 13.0. The fourth-order valence-corrected chi connectivity index (χ4v) is 4.21. The summed E-state index contributed by atoms with van der Waals surface area (Å²) in [5, 5.41) is 10.3. The molecule has 0 spiro atoms. The number of anilines is 3. The Bertz CT molecular complexity index is 1130. The number of piperazine rings is 1. The molecule has 2 amide bonds. The third kappa shape index (κ3) is 5.38. The Morgan fingerprint density at radius 3 is 2.36 bits per heavy atom. The molecule has 2 aromatic heterocycles. The Kier molecular flexibility index (Phi) is 6.69. The van der Waals surface area contributed by atoms with Crippen LogP contribution in [0.1, 0.15) is 18.3 Å². The highest BCUT2D eigenvalue weighted by Gasteiger charge is 2.24. The van der Waals surface area contributed by atoms with Gasteiger partial charge in [-0.2, -0.15) is 5.10 Å². The summed E-state index contributed by atoms with van der Waals surface area (Å²) in [7, 11) is 0. The highest BCUT2D eigenvalue weighted by Crippen LogP contribution is 2.27. The first-order valence-corrected chi connectivity index (χ1v) is 11.0. The number of aromatic nitrogens is 3. The summed E-state index contributed by atoms with van der Waals surface area (Å²) in [5.41, 5.74) is 4.50. The van der Waals surface area contributed by atoms with Gasteiger partial charge in [0.1, 0.15) is 0 Å². The van der Waals surface area contributed by atoms with Crippen LogP contribution in [-0.4, -0.2) is 64.2 Å². The van der Waals surface area contributed by atoms with Crippen LogP contribution in [0.25, 0.3) is 5.82 Å². The van der Waals surface area contributed by atoms with Crippen LogP contribution in [0.2, 0.25) is 0 Å².